The molecule has 0 atom stereocenters. The number of hydrogen-bond donors (Lipinski definition) is 1. The molecule has 0 saturated carbocycles. The summed E-state index contributed by atoms with van der Waals surface area (Å²) in [6.45, 7) is 6.04. The molecule has 2 aromatic carbocycles. The lowest BCUT2D eigenvalue weighted by Crippen LogP contribution is -2.10. The van der Waals surface area contributed by atoms with Gasteiger partial charge in [-0.2, -0.15) is 21.0 Å². The van der Waals surface area contributed by atoms with Gasteiger partial charge in [-0.05, 0) is 48.1 Å². The average molecular weight is 685 g/mol. The summed E-state index contributed by atoms with van der Waals surface area (Å²) >= 11 is 0. The number of cyclic esters (lactones) is 2. The van der Waals surface area contributed by atoms with Crippen LogP contribution < -0.4 is 0 Å². The van der Waals surface area contributed by atoms with Crippen LogP contribution in [0, 0.1) is 57.2 Å². The maximum atomic E-state index is 10.3. The summed E-state index contributed by atoms with van der Waals surface area (Å²) in [5, 5.41) is 41.2. The summed E-state index contributed by atoms with van der Waals surface area (Å²) < 4.78 is 17.3. The van der Waals surface area contributed by atoms with E-state index in [0.717, 1.165) is 29.9 Å². The van der Waals surface area contributed by atoms with Crippen LogP contribution in [0.25, 0.3) is 0 Å². The highest BCUT2D eigenvalue weighted by atomic mass is 16.6. The van der Waals surface area contributed by atoms with Crippen molar-refractivity contribution in [2.45, 2.75) is 46.0 Å². The maximum Gasteiger partial charge on any atom is 0.330 e. The third-order valence-corrected chi connectivity index (χ3v) is 6.98. The van der Waals surface area contributed by atoms with Crippen molar-refractivity contribution >= 4 is 23.9 Å². The zero-order chi connectivity index (χ0) is 38.1. The van der Waals surface area contributed by atoms with E-state index in [0.29, 0.717) is 5.92 Å². The first-order valence-corrected chi connectivity index (χ1v) is 15.0. The minimum Gasteiger partial charge on any atom is -0.501 e. The molecule has 0 bridgehead atoms. The summed E-state index contributed by atoms with van der Waals surface area (Å²) in [5.74, 6) is -2.87. The summed E-state index contributed by atoms with van der Waals surface area (Å²) in [4.78, 5) is 40.7. The molecule has 1 saturated heterocycles. The topological polar surface area (TPSA) is 221 Å². The molecular weight excluding hydrogens is 644 g/mol. The second-order valence-corrected chi connectivity index (χ2v) is 10.2. The van der Waals surface area contributed by atoms with Crippen molar-refractivity contribution in [3.63, 3.8) is 0 Å². The predicted molar refractivity (Wildman–Crippen MR) is 179 cm³/mol. The van der Waals surface area contributed by atoms with E-state index in [-0.39, 0.29) is 19.4 Å². The van der Waals surface area contributed by atoms with E-state index in [2.05, 4.69) is 69.7 Å². The summed E-state index contributed by atoms with van der Waals surface area (Å²) in [6.07, 6.45) is 3.60. The van der Waals surface area contributed by atoms with Crippen LogP contribution in [-0.2, 0) is 44.5 Å². The zero-order valence-corrected chi connectivity index (χ0v) is 28.8. The van der Waals surface area contributed by atoms with Crippen molar-refractivity contribution in [2.24, 2.45) is 11.8 Å². The fraction of sp³-hybridized carbons (Fsp3) is 0.351. The van der Waals surface area contributed by atoms with Crippen molar-refractivity contribution < 1.29 is 43.2 Å². The number of carbonyl (C=O) groups excluding carboxylic acids is 4. The van der Waals surface area contributed by atoms with Gasteiger partial charge in [0, 0.05) is 18.1 Å². The van der Waals surface area contributed by atoms with E-state index < -0.39 is 35.7 Å². The molecule has 13 heteroatoms. The second-order valence-electron chi connectivity index (χ2n) is 10.2. The van der Waals surface area contributed by atoms with E-state index in [9.17, 15) is 19.2 Å². The zero-order valence-electron chi connectivity index (χ0n) is 28.8. The third kappa shape index (κ3) is 16.0. The van der Waals surface area contributed by atoms with Gasteiger partial charge in [-0.25, -0.2) is 9.59 Å². The van der Waals surface area contributed by atoms with Gasteiger partial charge in [-0.3, -0.25) is 9.59 Å². The first kappa shape index (κ1) is 43.7. The number of carbonyl (C=O) groups is 4. The van der Waals surface area contributed by atoms with E-state index >= 15 is 0 Å². The molecule has 0 unspecified atom stereocenters. The first-order chi connectivity index (χ1) is 23.9. The van der Waals surface area contributed by atoms with Gasteiger partial charge in [0.05, 0.1) is 70.8 Å². The number of aliphatic hydroxyl groups is 1. The van der Waals surface area contributed by atoms with Gasteiger partial charge >= 0.3 is 23.9 Å². The predicted octanol–water partition coefficient (Wildman–Crippen LogP) is 4.71. The Morgan fingerprint density at radius 1 is 0.780 bits per heavy atom. The smallest absolute Gasteiger partial charge is 0.330 e. The number of hydrogen-bond acceptors (Lipinski definition) is 13. The standard InChI is InChI=1S/C15H14.C6H2N4.C6H8O4.C6H12O2.C4H4O3/c1-11-14-8-4-2-6-12(14)10-13-7-3-5-9-15(11)13;7-1-5(2-8)6(3-9)4-10;1-9-5(7)3-4-6(8)10-2;1-5(4-7)6(2)8-3;5-3-1-2-4(6)7-3/h2-9,11H,10H2,1H3;5-6H;3-4H,1-2H3;7H,4H2,1-3H3;1-2H2/b;;4-3-;6-5-;. The van der Waals surface area contributed by atoms with E-state index in [1.165, 1.54) is 36.5 Å². The molecule has 50 heavy (non-hydrogen) atoms. The number of methoxy groups -OCH3 is 3. The number of nitrogens with zero attached hydrogens (tertiary/aromatic N) is 4. The molecular formula is C37H40N4O9. The highest BCUT2D eigenvalue weighted by Gasteiger charge is 2.21. The van der Waals surface area contributed by atoms with Gasteiger partial charge < -0.3 is 24.1 Å². The van der Waals surface area contributed by atoms with Gasteiger partial charge in [0.1, 0.15) is 0 Å². The lowest BCUT2D eigenvalue weighted by atomic mass is 9.79. The summed E-state index contributed by atoms with van der Waals surface area (Å²) in [5.41, 5.74) is 6.85. The molecule has 0 spiro atoms. The van der Waals surface area contributed by atoms with E-state index in [4.69, 9.17) is 30.9 Å². The number of esters is 4. The lowest BCUT2D eigenvalue weighted by molar-refractivity contribution is -0.152. The van der Waals surface area contributed by atoms with Crippen LogP contribution in [0.5, 0.6) is 0 Å². The number of ether oxygens (including phenoxy) is 4. The monoisotopic (exact) mass is 684 g/mol. The number of nitriles is 4. The highest BCUT2D eigenvalue weighted by molar-refractivity contribution is 5.92. The van der Waals surface area contributed by atoms with E-state index in [1.807, 2.05) is 13.8 Å². The molecule has 1 N–H and O–H groups in total. The summed E-state index contributed by atoms with van der Waals surface area (Å²) in [7, 11) is 4.04. The number of allylic oxidation sites excluding steroid dienone is 1. The Bertz CT molecular complexity index is 1540. The maximum absolute atomic E-state index is 10.3. The Labute approximate surface area is 292 Å². The van der Waals surface area contributed by atoms with Crippen LogP contribution in [0.3, 0.4) is 0 Å². The fourth-order valence-corrected chi connectivity index (χ4v) is 3.95. The van der Waals surface area contributed by atoms with Crippen LogP contribution in [0.15, 0.2) is 72.0 Å². The Balaban J connectivity index is 0.000000620. The molecule has 4 rings (SSSR count). The lowest BCUT2D eigenvalue weighted by Gasteiger charge is -2.25. The Morgan fingerprint density at radius 3 is 1.42 bits per heavy atom. The van der Waals surface area contributed by atoms with Gasteiger partial charge in [0.25, 0.3) is 0 Å². The van der Waals surface area contributed by atoms with Gasteiger partial charge in [-0.15, -0.1) is 0 Å². The molecule has 1 aliphatic carbocycles. The minimum absolute atomic E-state index is 0.0830. The van der Waals surface area contributed by atoms with Gasteiger partial charge in [0.2, 0.25) is 0 Å². The van der Waals surface area contributed by atoms with Crippen LogP contribution in [0.1, 0.15) is 61.8 Å². The number of rotatable bonds is 5. The molecule has 0 amide bonds. The molecule has 1 aliphatic heterocycles. The summed E-state index contributed by atoms with van der Waals surface area (Å²) in [6, 6.07) is 23.8. The molecule has 1 fully saturated rings. The molecule has 1 heterocycles. The van der Waals surface area contributed by atoms with Crippen molar-refractivity contribution in [1.29, 1.82) is 21.0 Å². The Hall–Kier alpha value is -6.28. The largest absolute Gasteiger partial charge is 0.501 e. The van der Waals surface area contributed by atoms with E-state index in [1.54, 1.807) is 31.4 Å². The van der Waals surface area contributed by atoms with Crippen LogP contribution in [0.2, 0.25) is 0 Å². The highest BCUT2D eigenvalue weighted by Crippen LogP contribution is 2.35. The molecule has 262 valence electrons. The SMILES string of the molecule is CC1c2ccccc2Cc2ccccc21.CO/C(C)=C(/C)CO.COC(=O)/C=C\C(=O)OC.N#CC(C#N)C(C#N)C#N.O=C1CCC(=O)O1. The Morgan fingerprint density at radius 2 is 1.16 bits per heavy atom. The second kappa shape index (κ2) is 24.8. The number of fused-ring (bicyclic) bond motifs is 2. The van der Waals surface area contributed by atoms with Gasteiger partial charge in [-0.1, -0.05) is 55.5 Å². The van der Waals surface area contributed by atoms with Gasteiger partial charge in [0.15, 0.2) is 11.8 Å². The normalized spacial score (nSPS) is 12.6. The molecule has 2 aliphatic rings. The van der Waals surface area contributed by atoms with Crippen molar-refractivity contribution in [1.82, 2.24) is 0 Å². The van der Waals surface area contributed by atoms with Crippen LogP contribution in [-0.4, -0.2) is 56.9 Å². The van der Waals surface area contributed by atoms with Crippen molar-refractivity contribution in [3.05, 3.63) is 94.3 Å². The molecule has 2 aromatic rings. The quantitative estimate of drug-likeness (QED) is 0.148. The van der Waals surface area contributed by atoms with Crippen molar-refractivity contribution in [3.8, 4) is 24.3 Å². The van der Waals surface area contributed by atoms with Crippen LogP contribution >= 0.6 is 0 Å². The third-order valence-electron chi connectivity index (χ3n) is 6.98. The first-order valence-electron chi connectivity index (χ1n) is 15.0. The number of benzene rings is 2. The van der Waals surface area contributed by atoms with Crippen LogP contribution in [0.4, 0.5) is 0 Å². The Kier molecular flexibility index (Phi) is 21.7. The molecule has 13 nitrogen and oxygen atoms in total. The fourth-order valence-electron chi connectivity index (χ4n) is 3.95. The minimum atomic E-state index is -1.13. The van der Waals surface area contributed by atoms with Crippen molar-refractivity contribution in [2.75, 3.05) is 27.9 Å². The molecule has 0 radical (unpaired) electrons. The number of aliphatic hydroxyl groups excluding tert-OH is 1. The average Bonchev–Trinajstić information content (AvgIpc) is 3.54. The molecule has 0 aromatic heterocycles.